The van der Waals surface area contributed by atoms with E-state index in [1.165, 1.54) is 16.9 Å². The van der Waals surface area contributed by atoms with Gasteiger partial charge in [-0.3, -0.25) is 9.69 Å². The third-order valence-corrected chi connectivity index (χ3v) is 5.55. The van der Waals surface area contributed by atoms with E-state index in [4.69, 9.17) is 11.6 Å². The van der Waals surface area contributed by atoms with E-state index in [1.54, 1.807) is 0 Å². The zero-order chi connectivity index (χ0) is 16.9. The average Bonchev–Trinajstić information content (AvgIpc) is 3.12. The molecule has 1 amide bonds. The summed E-state index contributed by atoms with van der Waals surface area (Å²) in [5.41, 5.74) is 1.19. The first-order valence-corrected chi connectivity index (χ1v) is 9.39. The molecule has 1 aliphatic rings. The number of benzene rings is 1. The molecule has 3 rings (SSSR count). The minimum Gasteiger partial charge on any atom is -0.349 e. The third-order valence-electron chi connectivity index (χ3n) is 4.43. The van der Waals surface area contributed by atoms with E-state index in [0.29, 0.717) is 6.54 Å². The van der Waals surface area contributed by atoms with Crippen molar-refractivity contribution < 1.29 is 4.79 Å². The predicted octanol–water partition coefficient (Wildman–Crippen LogP) is 3.12. The van der Waals surface area contributed by atoms with Gasteiger partial charge in [-0.05, 0) is 36.2 Å². The second-order valence-electron chi connectivity index (χ2n) is 6.09. The molecule has 1 aliphatic heterocycles. The van der Waals surface area contributed by atoms with Crippen LogP contribution in [0.1, 0.15) is 21.3 Å². The van der Waals surface area contributed by atoms with Crippen molar-refractivity contribution in [3.05, 3.63) is 57.2 Å². The number of nitrogens with one attached hydrogen (secondary N) is 1. The van der Waals surface area contributed by atoms with E-state index < -0.39 is 0 Å². The van der Waals surface area contributed by atoms with Crippen LogP contribution in [0.5, 0.6) is 0 Å². The first-order valence-electron chi connectivity index (χ1n) is 8.13. The summed E-state index contributed by atoms with van der Waals surface area (Å²) in [5, 5.41) is 5.75. The van der Waals surface area contributed by atoms with E-state index in [2.05, 4.69) is 34.3 Å². The molecular formula is C18H22ClN3OS. The van der Waals surface area contributed by atoms with E-state index in [1.807, 2.05) is 29.6 Å². The summed E-state index contributed by atoms with van der Waals surface area (Å²) < 4.78 is 0. The van der Waals surface area contributed by atoms with E-state index >= 15 is 0 Å². The molecule has 1 N–H and O–H groups in total. The van der Waals surface area contributed by atoms with Crippen molar-refractivity contribution >= 4 is 28.8 Å². The maximum absolute atomic E-state index is 12.3. The first-order chi connectivity index (χ1) is 11.6. The number of amides is 1. The molecule has 0 saturated carbocycles. The Balaban J connectivity index is 1.71. The second kappa shape index (κ2) is 8.12. The van der Waals surface area contributed by atoms with Gasteiger partial charge in [-0.25, -0.2) is 0 Å². The maximum atomic E-state index is 12.3. The number of carbonyl (C=O) groups is 1. The molecule has 1 atom stereocenters. The maximum Gasteiger partial charge on any atom is 0.261 e. The summed E-state index contributed by atoms with van der Waals surface area (Å²) >= 11 is 7.49. The molecule has 4 nitrogen and oxygen atoms in total. The highest BCUT2D eigenvalue weighted by molar-refractivity contribution is 7.12. The molecule has 0 radical (unpaired) electrons. The van der Waals surface area contributed by atoms with Crippen molar-refractivity contribution in [3.63, 3.8) is 0 Å². The van der Waals surface area contributed by atoms with Crippen molar-refractivity contribution in [2.45, 2.75) is 6.04 Å². The van der Waals surface area contributed by atoms with Gasteiger partial charge in [0.05, 0.1) is 10.9 Å². The monoisotopic (exact) mass is 363 g/mol. The Morgan fingerprint density at radius 1 is 1.21 bits per heavy atom. The molecule has 6 heteroatoms. The number of thiophene rings is 1. The van der Waals surface area contributed by atoms with Crippen LogP contribution in [0.4, 0.5) is 0 Å². The fourth-order valence-corrected chi connectivity index (χ4v) is 3.73. The zero-order valence-electron chi connectivity index (χ0n) is 13.7. The van der Waals surface area contributed by atoms with Crippen molar-refractivity contribution in [1.29, 1.82) is 0 Å². The number of hydrogen-bond acceptors (Lipinski definition) is 4. The first kappa shape index (κ1) is 17.4. The Kier molecular flexibility index (Phi) is 5.89. The van der Waals surface area contributed by atoms with Gasteiger partial charge in [0.25, 0.3) is 5.91 Å². The summed E-state index contributed by atoms with van der Waals surface area (Å²) in [6, 6.07) is 11.9. The van der Waals surface area contributed by atoms with Gasteiger partial charge in [-0.15, -0.1) is 11.3 Å². The molecule has 1 aromatic heterocycles. The molecule has 2 aromatic rings. The van der Waals surface area contributed by atoms with Crippen molar-refractivity contribution in [3.8, 4) is 0 Å². The second-order valence-corrected chi connectivity index (χ2v) is 7.48. The van der Waals surface area contributed by atoms with Crippen LogP contribution in [0.3, 0.4) is 0 Å². The summed E-state index contributed by atoms with van der Waals surface area (Å²) in [7, 11) is 2.15. The fourth-order valence-electron chi connectivity index (χ4n) is 2.96. The van der Waals surface area contributed by atoms with Gasteiger partial charge >= 0.3 is 0 Å². The Bertz CT molecular complexity index is 651. The predicted molar refractivity (Wildman–Crippen MR) is 99.9 cm³/mol. The molecule has 1 fully saturated rings. The quantitative estimate of drug-likeness (QED) is 0.886. The number of nitrogens with zero attached hydrogens (tertiary/aromatic N) is 2. The van der Waals surface area contributed by atoms with Gasteiger partial charge < -0.3 is 10.2 Å². The van der Waals surface area contributed by atoms with Crippen LogP contribution in [0, 0.1) is 0 Å². The van der Waals surface area contributed by atoms with Crippen LogP contribution in [-0.4, -0.2) is 55.5 Å². The Labute approximate surface area is 152 Å². The lowest BCUT2D eigenvalue weighted by Gasteiger charge is -2.38. The molecular weight excluding hydrogens is 342 g/mol. The van der Waals surface area contributed by atoms with Crippen LogP contribution in [0.2, 0.25) is 5.02 Å². The van der Waals surface area contributed by atoms with Crippen LogP contribution in [-0.2, 0) is 0 Å². The van der Waals surface area contributed by atoms with Gasteiger partial charge in [-0.2, -0.15) is 0 Å². The number of halogens is 1. The molecule has 0 spiro atoms. The highest BCUT2D eigenvalue weighted by atomic mass is 35.5. The van der Waals surface area contributed by atoms with Gasteiger partial charge in [0.15, 0.2) is 0 Å². The minimum absolute atomic E-state index is 0.00177. The molecule has 24 heavy (non-hydrogen) atoms. The number of hydrogen-bond donors (Lipinski definition) is 1. The molecule has 1 aromatic carbocycles. The van der Waals surface area contributed by atoms with Crippen LogP contribution < -0.4 is 5.32 Å². The van der Waals surface area contributed by atoms with Crippen LogP contribution in [0.25, 0.3) is 0 Å². The topological polar surface area (TPSA) is 35.6 Å². The summed E-state index contributed by atoms with van der Waals surface area (Å²) in [6.07, 6.45) is 0. The molecule has 0 bridgehead atoms. The van der Waals surface area contributed by atoms with Gasteiger partial charge in [0.2, 0.25) is 0 Å². The fraction of sp³-hybridized carbons (Fsp3) is 0.389. The normalized spacial score (nSPS) is 17.6. The number of piperazine rings is 1. The molecule has 1 saturated heterocycles. The number of rotatable bonds is 5. The largest absolute Gasteiger partial charge is 0.349 e. The van der Waals surface area contributed by atoms with E-state index in [0.717, 1.165) is 36.1 Å². The molecule has 2 heterocycles. The number of carbonyl (C=O) groups excluding carboxylic acids is 1. The summed E-state index contributed by atoms with van der Waals surface area (Å²) in [5.74, 6) is -0.00177. The lowest BCUT2D eigenvalue weighted by molar-refractivity contribution is 0.0889. The van der Waals surface area contributed by atoms with Gasteiger partial charge in [0.1, 0.15) is 0 Å². The summed E-state index contributed by atoms with van der Waals surface area (Å²) in [6.45, 7) is 4.69. The van der Waals surface area contributed by atoms with E-state index in [9.17, 15) is 4.79 Å². The lowest BCUT2D eigenvalue weighted by atomic mass is 10.0. The third kappa shape index (κ3) is 4.36. The SMILES string of the molecule is CN1CCN(C(CNC(=O)c2cccs2)c2ccc(Cl)cc2)CC1. The van der Waals surface area contributed by atoms with Crippen molar-refractivity contribution in [2.24, 2.45) is 0 Å². The standard InChI is InChI=1S/C18H22ClN3OS/c1-21-8-10-22(11-9-21)16(14-4-6-15(19)7-5-14)13-20-18(23)17-3-2-12-24-17/h2-7,12,16H,8-11,13H2,1H3,(H,20,23). The minimum atomic E-state index is -0.00177. The molecule has 1 unspecified atom stereocenters. The van der Waals surface area contributed by atoms with Crippen LogP contribution >= 0.6 is 22.9 Å². The van der Waals surface area contributed by atoms with E-state index in [-0.39, 0.29) is 11.9 Å². The molecule has 128 valence electrons. The van der Waals surface area contributed by atoms with Gasteiger partial charge in [-0.1, -0.05) is 29.8 Å². The Morgan fingerprint density at radius 3 is 2.54 bits per heavy atom. The molecule has 0 aliphatic carbocycles. The highest BCUT2D eigenvalue weighted by Crippen LogP contribution is 2.23. The Morgan fingerprint density at radius 2 is 1.92 bits per heavy atom. The van der Waals surface area contributed by atoms with Gasteiger partial charge in [0, 0.05) is 37.7 Å². The zero-order valence-corrected chi connectivity index (χ0v) is 15.3. The average molecular weight is 364 g/mol. The Hall–Kier alpha value is -1.40. The van der Waals surface area contributed by atoms with Crippen molar-refractivity contribution in [1.82, 2.24) is 15.1 Å². The smallest absolute Gasteiger partial charge is 0.261 e. The summed E-state index contributed by atoms with van der Waals surface area (Å²) in [4.78, 5) is 17.8. The highest BCUT2D eigenvalue weighted by Gasteiger charge is 2.24. The lowest BCUT2D eigenvalue weighted by Crippen LogP contribution is -2.48. The van der Waals surface area contributed by atoms with Crippen molar-refractivity contribution in [2.75, 3.05) is 39.8 Å². The van der Waals surface area contributed by atoms with Crippen LogP contribution in [0.15, 0.2) is 41.8 Å². The number of likely N-dealkylation sites (N-methyl/N-ethyl adjacent to an activating group) is 1.